The molecule has 108 valence electrons. The normalized spacial score (nSPS) is 16.4. The maximum Gasteiger partial charge on any atom is 0.269 e. The molecule has 1 amide bonds. The Kier molecular flexibility index (Phi) is 3.84. The molecule has 1 heterocycles. The Morgan fingerprint density at radius 3 is 2.76 bits per heavy atom. The predicted molar refractivity (Wildman–Crippen MR) is 83.9 cm³/mol. The predicted octanol–water partition coefficient (Wildman–Crippen LogP) is 3.54. The number of para-hydroxylation sites is 2. The molecule has 0 aromatic heterocycles. The van der Waals surface area contributed by atoms with Crippen LogP contribution in [0.3, 0.4) is 0 Å². The number of ether oxygens (including phenoxy) is 2. The van der Waals surface area contributed by atoms with Crippen molar-refractivity contribution in [1.29, 1.82) is 0 Å². The van der Waals surface area contributed by atoms with Crippen molar-refractivity contribution in [2.75, 3.05) is 11.9 Å². The molecule has 2 aromatic rings. The summed E-state index contributed by atoms with van der Waals surface area (Å²) in [6, 6.07) is 13.0. The lowest BCUT2D eigenvalue weighted by molar-refractivity contribution is -0.125. The molecule has 1 unspecified atom stereocenters. The van der Waals surface area contributed by atoms with E-state index in [-0.39, 0.29) is 12.5 Å². The molecule has 1 N–H and O–H groups in total. The van der Waals surface area contributed by atoms with Gasteiger partial charge in [0.1, 0.15) is 6.61 Å². The van der Waals surface area contributed by atoms with Crippen molar-refractivity contribution in [1.82, 2.24) is 0 Å². The first-order chi connectivity index (χ1) is 10.1. The molecule has 0 aliphatic carbocycles. The molecule has 4 nitrogen and oxygen atoms in total. The highest BCUT2D eigenvalue weighted by Crippen LogP contribution is 2.31. The van der Waals surface area contributed by atoms with Gasteiger partial charge in [0.25, 0.3) is 5.91 Å². The molecule has 0 fully saturated rings. The fraction of sp³-hybridized carbons (Fsp3) is 0.188. The van der Waals surface area contributed by atoms with Crippen molar-refractivity contribution in [3.63, 3.8) is 0 Å². The van der Waals surface area contributed by atoms with E-state index >= 15 is 0 Å². The van der Waals surface area contributed by atoms with Gasteiger partial charge in [-0.05, 0) is 46.6 Å². The molecular weight excluding hydrogens is 334 g/mol. The lowest BCUT2D eigenvalue weighted by atomic mass is 10.2. The van der Waals surface area contributed by atoms with Crippen molar-refractivity contribution in [2.24, 2.45) is 0 Å². The number of fused-ring (bicyclic) bond motifs is 1. The van der Waals surface area contributed by atoms with E-state index in [1.165, 1.54) is 0 Å². The van der Waals surface area contributed by atoms with Crippen LogP contribution in [0.5, 0.6) is 11.5 Å². The zero-order valence-corrected chi connectivity index (χ0v) is 13.0. The van der Waals surface area contributed by atoms with Crippen molar-refractivity contribution in [2.45, 2.75) is 13.0 Å². The zero-order chi connectivity index (χ0) is 14.8. The van der Waals surface area contributed by atoms with Crippen molar-refractivity contribution >= 4 is 27.5 Å². The Balaban J connectivity index is 1.74. The molecule has 0 saturated carbocycles. The fourth-order valence-electron chi connectivity index (χ4n) is 2.11. The highest BCUT2D eigenvalue weighted by Gasteiger charge is 2.27. The van der Waals surface area contributed by atoms with Crippen LogP contribution in [-0.4, -0.2) is 18.6 Å². The monoisotopic (exact) mass is 347 g/mol. The second-order valence-electron chi connectivity index (χ2n) is 4.79. The molecule has 0 radical (unpaired) electrons. The average molecular weight is 348 g/mol. The molecule has 0 bridgehead atoms. The first-order valence-corrected chi connectivity index (χ1v) is 7.39. The highest BCUT2D eigenvalue weighted by atomic mass is 79.9. The molecule has 1 aliphatic heterocycles. The summed E-state index contributed by atoms with van der Waals surface area (Å²) in [6.07, 6.45) is -0.660. The van der Waals surface area contributed by atoms with Crippen LogP contribution in [0.25, 0.3) is 0 Å². The second-order valence-corrected chi connectivity index (χ2v) is 5.58. The maximum absolute atomic E-state index is 12.3. The Bertz CT molecular complexity index is 687. The number of halogens is 1. The molecule has 1 aliphatic rings. The number of aryl methyl sites for hydroxylation is 1. The third-order valence-electron chi connectivity index (χ3n) is 3.25. The van der Waals surface area contributed by atoms with E-state index in [4.69, 9.17) is 9.47 Å². The quantitative estimate of drug-likeness (QED) is 0.903. The summed E-state index contributed by atoms with van der Waals surface area (Å²) in [5, 5.41) is 2.86. The van der Waals surface area contributed by atoms with E-state index in [2.05, 4.69) is 21.2 Å². The van der Waals surface area contributed by atoms with Crippen molar-refractivity contribution in [3.8, 4) is 11.5 Å². The van der Waals surface area contributed by atoms with E-state index in [0.717, 1.165) is 15.7 Å². The fourth-order valence-corrected chi connectivity index (χ4v) is 2.47. The summed E-state index contributed by atoms with van der Waals surface area (Å²) < 4.78 is 12.1. The van der Waals surface area contributed by atoms with Gasteiger partial charge in [-0.2, -0.15) is 0 Å². The first-order valence-electron chi connectivity index (χ1n) is 6.59. The number of benzene rings is 2. The van der Waals surface area contributed by atoms with Gasteiger partial charge >= 0.3 is 0 Å². The van der Waals surface area contributed by atoms with Crippen LogP contribution in [0.1, 0.15) is 5.56 Å². The molecule has 5 heteroatoms. The topological polar surface area (TPSA) is 47.6 Å². The number of amides is 1. The van der Waals surface area contributed by atoms with Crippen molar-refractivity contribution < 1.29 is 14.3 Å². The van der Waals surface area contributed by atoms with Crippen LogP contribution in [0, 0.1) is 6.92 Å². The third kappa shape index (κ3) is 2.88. The van der Waals surface area contributed by atoms with Gasteiger partial charge in [0.15, 0.2) is 11.5 Å². The van der Waals surface area contributed by atoms with Crippen LogP contribution < -0.4 is 14.8 Å². The molecule has 2 aromatic carbocycles. The SMILES string of the molecule is Cc1cccc(NC(=O)C2COc3ccccc3O2)c1Br. The van der Waals surface area contributed by atoms with Crippen LogP contribution in [0.4, 0.5) is 5.69 Å². The van der Waals surface area contributed by atoms with Crippen molar-refractivity contribution in [3.05, 3.63) is 52.5 Å². The molecule has 0 saturated heterocycles. The maximum atomic E-state index is 12.3. The zero-order valence-electron chi connectivity index (χ0n) is 11.4. The number of carbonyl (C=O) groups is 1. The van der Waals surface area contributed by atoms with E-state index in [1.807, 2.05) is 43.3 Å². The summed E-state index contributed by atoms with van der Waals surface area (Å²) in [5.41, 5.74) is 1.78. The third-order valence-corrected chi connectivity index (χ3v) is 4.30. The minimum Gasteiger partial charge on any atom is -0.485 e. The smallest absolute Gasteiger partial charge is 0.269 e. The van der Waals surface area contributed by atoms with Gasteiger partial charge in [0, 0.05) is 4.47 Å². The van der Waals surface area contributed by atoms with Gasteiger partial charge in [0.2, 0.25) is 6.10 Å². The number of hydrogen-bond acceptors (Lipinski definition) is 3. The second kappa shape index (κ2) is 5.77. The van der Waals surface area contributed by atoms with Gasteiger partial charge in [0.05, 0.1) is 5.69 Å². The van der Waals surface area contributed by atoms with Crippen LogP contribution in [0.2, 0.25) is 0 Å². The van der Waals surface area contributed by atoms with Gasteiger partial charge in [-0.25, -0.2) is 0 Å². The van der Waals surface area contributed by atoms with Gasteiger partial charge in [-0.1, -0.05) is 24.3 Å². The Morgan fingerprint density at radius 2 is 1.95 bits per heavy atom. The molecule has 21 heavy (non-hydrogen) atoms. The summed E-state index contributed by atoms with van der Waals surface area (Å²) in [5.74, 6) is 1.03. The Hall–Kier alpha value is -2.01. The van der Waals surface area contributed by atoms with E-state index in [9.17, 15) is 4.79 Å². The summed E-state index contributed by atoms with van der Waals surface area (Å²) in [4.78, 5) is 12.3. The highest BCUT2D eigenvalue weighted by molar-refractivity contribution is 9.10. The summed E-state index contributed by atoms with van der Waals surface area (Å²) >= 11 is 3.47. The first kappa shape index (κ1) is 13.9. The molecule has 1 atom stereocenters. The lowest BCUT2D eigenvalue weighted by Gasteiger charge is -2.25. The Morgan fingerprint density at radius 1 is 1.19 bits per heavy atom. The van der Waals surface area contributed by atoms with Crippen LogP contribution >= 0.6 is 15.9 Å². The largest absolute Gasteiger partial charge is 0.485 e. The standard InChI is InChI=1S/C16H14BrNO3/c1-10-5-4-6-11(15(10)17)18-16(19)14-9-20-12-7-2-3-8-13(12)21-14/h2-8,14H,9H2,1H3,(H,18,19). The Labute approximate surface area is 131 Å². The van der Waals surface area contributed by atoms with Crippen LogP contribution in [0.15, 0.2) is 46.9 Å². The lowest BCUT2D eigenvalue weighted by Crippen LogP contribution is -2.40. The summed E-state index contributed by atoms with van der Waals surface area (Å²) in [7, 11) is 0. The van der Waals surface area contributed by atoms with Gasteiger partial charge in [-0.15, -0.1) is 0 Å². The van der Waals surface area contributed by atoms with Crippen LogP contribution in [-0.2, 0) is 4.79 Å². The molecular formula is C16H14BrNO3. The molecule has 0 spiro atoms. The van der Waals surface area contributed by atoms with E-state index < -0.39 is 6.10 Å². The average Bonchev–Trinajstić information content (AvgIpc) is 2.51. The minimum absolute atomic E-state index is 0.201. The summed E-state index contributed by atoms with van der Waals surface area (Å²) in [6.45, 7) is 2.17. The minimum atomic E-state index is -0.660. The number of nitrogens with one attached hydrogen (secondary N) is 1. The number of rotatable bonds is 2. The number of anilines is 1. The van der Waals surface area contributed by atoms with E-state index in [0.29, 0.717) is 11.5 Å². The number of hydrogen-bond donors (Lipinski definition) is 1. The van der Waals surface area contributed by atoms with Gasteiger partial charge in [-0.3, -0.25) is 4.79 Å². The molecule has 3 rings (SSSR count). The number of carbonyl (C=O) groups excluding carboxylic acids is 1. The van der Waals surface area contributed by atoms with Gasteiger partial charge < -0.3 is 14.8 Å². The van der Waals surface area contributed by atoms with E-state index in [1.54, 1.807) is 6.07 Å².